The fourth-order valence-corrected chi connectivity index (χ4v) is 2.11. The van der Waals surface area contributed by atoms with Gasteiger partial charge in [-0.25, -0.2) is 0 Å². The maximum Gasteiger partial charge on any atom is 0.0457 e. The van der Waals surface area contributed by atoms with Crippen LogP contribution in [0.2, 0.25) is 0 Å². The second-order valence-electron chi connectivity index (χ2n) is 5.00. The zero-order valence-corrected chi connectivity index (χ0v) is 11.3. The standard InChI is InChI=1S/C15H23N3/c1-12(2)17-9-5-8-16-10-13-11-18-15-7-4-3-6-14(13)15/h3-4,6-7,11-12,16-18H,5,8-10H2,1-2H3. The summed E-state index contributed by atoms with van der Waals surface area (Å²) in [5.74, 6) is 0. The van der Waals surface area contributed by atoms with Gasteiger partial charge in [-0.05, 0) is 31.1 Å². The van der Waals surface area contributed by atoms with Crippen LogP contribution in [-0.2, 0) is 6.54 Å². The number of aromatic nitrogens is 1. The zero-order valence-electron chi connectivity index (χ0n) is 11.3. The monoisotopic (exact) mass is 245 g/mol. The molecule has 0 saturated carbocycles. The third-order valence-corrected chi connectivity index (χ3v) is 3.07. The minimum absolute atomic E-state index is 0.582. The topological polar surface area (TPSA) is 39.8 Å². The molecule has 0 aliphatic carbocycles. The largest absolute Gasteiger partial charge is 0.361 e. The van der Waals surface area contributed by atoms with Gasteiger partial charge in [-0.15, -0.1) is 0 Å². The summed E-state index contributed by atoms with van der Waals surface area (Å²) in [6.45, 7) is 7.43. The molecule has 0 unspecified atom stereocenters. The van der Waals surface area contributed by atoms with Crippen LogP contribution in [0.4, 0.5) is 0 Å². The molecular formula is C15H23N3. The lowest BCUT2D eigenvalue weighted by molar-refractivity contribution is 0.548. The van der Waals surface area contributed by atoms with Crippen molar-refractivity contribution in [2.24, 2.45) is 0 Å². The van der Waals surface area contributed by atoms with Crippen LogP contribution in [0.15, 0.2) is 30.5 Å². The van der Waals surface area contributed by atoms with Gasteiger partial charge in [-0.2, -0.15) is 0 Å². The second kappa shape index (κ2) is 6.57. The SMILES string of the molecule is CC(C)NCCCNCc1c[nH]c2ccccc12. The summed E-state index contributed by atoms with van der Waals surface area (Å²) in [5, 5.41) is 8.24. The highest BCUT2D eigenvalue weighted by Crippen LogP contribution is 2.16. The molecule has 0 fully saturated rings. The summed E-state index contributed by atoms with van der Waals surface area (Å²) in [6.07, 6.45) is 3.27. The number of rotatable bonds is 7. The fraction of sp³-hybridized carbons (Fsp3) is 0.467. The van der Waals surface area contributed by atoms with E-state index in [-0.39, 0.29) is 0 Å². The number of nitrogens with one attached hydrogen (secondary N) is 3. The van der Waals surface area contributed by atoms with E-state index < -0.39 is 0 Å². The fourth-order valence-electron chi connectivity index (χ4n) is 2.11. The molecule has 0 aliphatic heterocycles. The van der Waals surface area contributed by atoms with Crippen molar-refractivity contribution in [2.75, 3.05) is 13.1 Å². The van der Waals surface area contributed by atoms with E-state index in [4.69, 9.17) is 0 Å². The Labute approximate surface area is 109 Å². The number of fused-ring (bicyclic) bond motifs is 1. The van der Waals surface area contributed by atoms with Crippen LogP contribution in [0.25, 0.3) is 10.9 Å². The number of hydrogen-bond donors (Lipinski definition) is 3. The summed E-state index contributed by atoms with van der Waals surface area (Å²) in [6, 6.07) is 9.02. The van der Waals surface area contributed by atoms with Crippen molar-refractivity contribution in [3.05, 3.63) is 36.0 Å². The van der Waals surface area contributed by atoms with Crippen molar-refractivity contribution in [3.63, 3.8) is 0 Å². The molecule has 1 heterocycles. The molecule has 0 radical (unpaired) electrons. The van der Waals surface area contributed by atoms with Crippen molar-refractivity contribution in [3.8, 4) is 0 Å². The van der Waals surface area contributed by atoms with Gasteiger partial charge < -0.3 is 15.6 Å². The smallest absolute Gasteiger partial charge is 0.0457 e. The van der Waals surface area contributed by atoms with Gasteiger partial charge in [-0.1, -0.05) is 32.0 Å². The highest BCUT2D eigenvalue weighted by Gasteiger charge is 2.01. The molecule has 3 heteroatoms. The Kier molecular flexibility index (Phi) is 4.79. The summed E-state index contributed by atoms with van der Waals surface area (Å²) >= 11 is 0. The van der Waals surface area contributed by atoms with E-state index in [1.54, 1.807) is 0 Å². The van der Waals surface area contributed by atoms with Crippen molar-refractivity contribution in [1.82, 2.24) is 15.6 Å². The van der Waals surface area contributed by atoms with Gasteiger partial charge in [0.05, 0.1) is 0 Å². The van der Waals surface area contributed by atoms with E-state index in [1.807, 2.05) is 0 Å². The molecule has 3 N–H and O–H groups in total. The maximum atomic E-state index is 3.49. The first kappa shape index (κ1) is 13.1. The van der Waals surface area contributed by atoms with E-state index in [0.29, 0.717) is 6.04 Å². The van der Waals surface area contributed by atoms with E-state index in [9.17, 15) is 0 Å². The predicted octanol–water partition coefficient (Wildman–Crippen LogP) is 2.65. The van der Waals surface area contributed by atoms with Crippen LogP contribution in [-0.4, -0.2) is 24.1 Å². The minimum Gasteiger partial charge on any atom is -0.361 e. The van der Waals surface area contributed by atoms with Crippen molar-refractivity contribution < 1.29 is 0 Å². The first-order valence-electron chi connectivity index (χ1n) is 6.76. The number of para-hydroxylation sites is 1. The van der Waals surface area contributed by atoms with Gasteiger partial charge in [0.15, 0.2) is 0 Å². The summed E-state index contributed by atoms with van der Waals surface area (Å²) < 4.78 is 0. The van der Waals surface area contributed by atoms with Crippen molar-refractivity contribution >= 4 is 10.9 Å². The molecule has 0 amide bonds. The van der Waals surface area contributed by atoms with Crippen molar-refractivity contribution in [1.29, 1.82) is 0 Å². The first-order chi connectivity index (χ1) is 8.77. The summed E-state index contributed by atoms with van der Waals surface area (Å²) in [4.78, 5) is 3.30. The van der Waals surface area contributed by atoms with Crippen LogP contribution in [0, 0.1) is 0 Å². The number of aromatic amines is 1. The van der Waals surface area contributed by atoms with Gasteiger partial charge in [0.25, 0.3) is 0 Å². The minimum atomic E-state index is 0.582. The zero-order chi connectivity index (χ0) is 12.8. The van der Waals surface area contributed by atoms with Gasteiger partial charge in [-0.3, -0.25) is 0 Å². The Morgan fingerprint density at radius 2 is 2.00 bits per heavy atom. The molecule has 0 atom stereocenters. The lowest BCUT2D eigenvalue weighted by atomic mass is 10.2. The second-order valence-corrected chi connectivity index (χ2v) is 5.00. The third kappa shape index (κ3) is 3.59. The lowest BCUT2D eigenvalue weighted by Crippen LogP contribution is -2.26. The number of H-pyrrole nitrogens is 1. The molecule has 2 rings (SSSR count). The Hall–Kier alpha value is -1.32. The van der Waals surface area contributed by atoms with Crippen LogP contribution < -0.4 is 10.6 Å². The van der Waals surface area contributed by atoms with Crippen LogP contribution in [0.5, 0.6) is 0 Å². The number of benzene rings is 1. The van der Waals surface area contributed by atoms with Gasteiger partial charge in [0.1, 0.15) is 0 Å². The third-order valence-electron chi connectivity index (χ3n) is 3.07. The van der Waals surface area contributed by atoms with Gasteiger partial charge >= 0.3 is 0 Å². The molecule has 0 saturated heterocycles. The highest BCUT2D eigenvalue weighted by molar-refractivity contribution is 5.82. The molecule has 18 heavy (non-hydrogen) atoms. The van der Waals surface area contributed by atoms with Crippen LogP contribution >= 0.6 is 0 Å². The molecule has 1 aromatic carbocycles. The lowest BCUT2D eigenvalue weighted by Gasteiger charge is -2.08. The average Bonchev–Trinajstić information content (AvgIpc) is 2.77. The van der Waals surface area contributed by atoms with Crippen molar-refractivity contribution in [2.45, 2.75) is 32.9 Å². The molecule has 0 aliphatic rings. The van der Waals surface area contributed by atoms with E-state index in [2.05, 4.69) is 59.9 Å². The summed E-state index contributed by atoms with van der Waals surface area (Å²) in [5.41, 5.74) is 2.57. The number of hydrogen-bond acceptors (Lipinski definition) is 2. The van der Waals surface area contributed by atoms with Crippen LogP contribution in [0.3, 0.4) is 0 Å². The van der Waals surface area contributed by atoms with E-state index >= 15 is 0 Å². The summed E-state index contributed by atoms with van der Waals surface area (Å²) in [7, 11) is 0. The first-order valence-corrected chi connectivity index (χ1v) is 6.76. The van der Waals surface area contributed by atoms with E-state index in [1.165, 1.54) is 22.9 Å². The normalized spacial score (nSPS) is 11.5. The molecule has 0 spiro atoms. The molecule has 0 bridgehead atoms. The Morgan fingerprint density at radius 1 is 1.17 bits per heavy atom. The maximum absolute atomic E-state index is 3.49. The predicted molar refractivity (Wildman–Crippen MR) is 77.8 cm³/mol. The van der Waals surface area contributed by atoms with Gasteiger partial charge in [0.2, 0.25) is 0 Å². The molecule has 98 valence electrons. The Morgan fingerprint density at radius 3 is 2.83 bits per heavy atom. The van der Waals surface area contributed by atoms with E-state index in [0.717, 1.165) is 19.6 Å². The van der Waals surface area contributed by atoms with Gasteiger partial charge in [0, 0.05) is 29.7 Å². The quantitative estimate of drug-likeness (QED) is 0.656. The Balaban J connectivity index is 1.74. The molecule has 1 aromatic heterocycles. The van der Waals surface area contributed by atoms with Crippen LogP contribution in [0.1, 0.15) is 25.8 Å². The molecular weight excluding hydrogens is 222 g/mol. The average molecular weight is 245 g/mol. The highest BCUT2D eigenvalue weighted by atomic mass is 14.9. The Bertz CT molecular complexity index is 473. The molecule has 2 aromatic rings. The molecule has 3 nitrogen and oxygen atoms in total.